The molecule has 0 fully saturated rings. The van der Waals surface area contributed by atoms with Gasteiger partial charge >= 0.3 is 0 Å². The van der Waals surface area contributed by atoms with Crippen molar-refractivity contribution in [2.24, 2.45) is 0 Å². The molecule has 3 N–H and O–H groups in total. The lowest BCUT2D eigenvalue weighted by molar-refractivity contribution is -0.115. The Balaban J connectivity index is 1.93. The number of anilines is 2. The first-order chi connectivity index (χ1) is 11.2. The summed E-state index contributed by atoms with van der Waals surface area (Å²) in [4.78, 5) is 12.2. The molecular weight excluding hydrogens is 292 g/mol. The molecule has 1 amide bonds. The minimum Gasteiger partial charge on any atom is -0.491 e. The van der Waals surface area contributed by atoms with Gasteiger partial charge in [0.05, 0.1) is 18.7 Å². The standard InChI is InChI=1S/C18H22N2O3/c1-22-11-4-12-23-17-6-3-2-5-16(17)20-18(21)13-14-7-9-15(19)10-8-14/h2-3,5-10H,4,11-13,19H2,1H3,(H,20,21). The van der Waals surface area contributed by atoms with Gasteiger partial charge in [0.1, 0.15) is 5.75 Å². The van der Waals surface area contributed by atoms with Crippen LogP contribution in [0.4, 0.5) is 11.4 Å². The summed E-state index contributed by atoms with van der Waals surface area (Å²) in [5.41, 5.74) is 7.91. The number of benzene rings is 2. The first kappa shape index (κ1) is 16.8. The molecule has 0 aromatic heterocycles. The number of amides is 1. The zero-order chi connectivity index (χ0) is 16.5. The molecular formula is C18H22N2O3. The molecule has 0 atom stereocenters. The Morgan fingerprint density at radius 3 is 2.57 bits per heavy atom. The van der Waals surface area contributed by atoms with Crippen molar-refractivity contribution in [2.75, 3.05) is 31.4 Å². The van der Waals surface area contributed by atoms with E-state index in [9.17, 15) is 4.79 Å². The summed E-state index contributed by atoms with van der Waals surface area (Å²) in [7, 11) is 1.66. The number of rotatable bonds is 8. The number of carbonyl (C=O) groups is 1. The molecule has 2 aromatic carbocycles. The van der Waals surface area contributed by atoms with Crippen LogP contribution in [-0.4, -0.2) is 26.2 Å². The van der Waals surface area contributed by atoms with E-state index in [4.69, 9.17) is 15.2 Å². The van der Waals surface area contributed by atoms with Crippen molar-refractivity contribution in [3.8, 4) is 5.75 Å². The molecule has 5 nitrogen and oxygen atoms in total. The van der Waals surface area contributed by atoms with Crippen LogP contribution in [0.1, 0.15) is 12.0 Å². The Morgan fingerprint density at radius 2 is 1.83 bits per heavy atom. The summed E-state index contributed by atoms with van der Waals surface area (Å²) in [5.74, 6) is 0.567. The van der Waals surface area contributed by atoms with E-state index in [1.54, 1.807) is 19.2 Å². The van der Waals surface area contributed by atoms with E-state index in [1.807, 2.05) is 36.4 Å². The second-order valence-corrected chi connectivity index (χ2v) is 5.16. The van der Waals surface area contributed by atoms with Crippen molar-refractivity contribution in [1.82, 2.24) is 0 Å². The van der Waals surface area contributed by atoms with Gasteiger partial charge in [-0.25, -0.2) is 0 Å². The van der Waals surface area contributed by atoms with E-state index in [2.05, 4.69) is 5.32 Å². The lowest BCUT2D eigenvalue weighted by Gasteiger charge is -2.12. The van der Waals surface area contributed by atoms with Gasteiger partial charge < -0.3 is 20.5 Å². The van der Waals surface area contributed by atoms with Crippen LogP contribution in [0.15, 0.2) is 48.5 Å². The monoisotopic (exact) mass is 314 g/mol. The van der Waals surface area contributed by atoms with E-state index >= 15 is 0 Å². The van der Waals surface area contributed by atoms with Crippen molar-refractivity contribution < 1.29 is 14.3 Å². The minimum atomic E-state index is -0.0947. The summed E-state index contributed by atoms with van der Waals surface area (Å²) in [6.07, 6.45) is 1.09. The van der Waals surface area contributed by atoms with Crippen molar-refractivity contribution in [3.63, 3.8) is 0 Å². The van der Waals surface area contributed by atoms with Crippen LogP contribution >= 0.6 is 0 Å². The molecule has 2 aromatic rings. The first-order valence-corrected chi connectivity index (χ1v) is 7.54. The normalized spacial score (nSPS) is 10.3. The highest BCUT2D eigenvalue weighted by molar-refractivity contribution is 5.93. The molecule has 0 radical (unpaired) electrons. The third-order valence-electron chi connectivity index (χ3n) is 3.26. The summed E-state index contributed by atoms with van der Waals surface area (Å²) < 4.78 is 10.7. The van der Waals surface area contributed by atoms with E-state index in [-0.39, 0.29) is 12.3 Å². The van der Waals surface area contributed by atoms with Crippen LogP contribution < -0.4 is 15.8 Å². The Labute approximate surface area is 136 Å². The molecule has 2 rings (SSSR count). The zero-order valence-corrected chi connectivity index (χ0v) is 13.2. The highest BCUT2D eigenvalue weighted by Gasteiger charge is 2.08. The number of nitrogen functional groups attached to an aromatic ring is 1. The van der Waals surface area contributed by atoms with Gasteiger partial charge in [0.25, 0.3) is 0 Å². The van der Waals surface area contributed by atoms with Gasteiger partial charge in [-0.1, -0.05) is 24.3 Å². The van der Waals surface area contributed by atoms with E-state index in [0.29, 0.717) is 30.3 Å². The van der Waals surface area contributed by atoms with Gasteiger partial charge in [-0.2, -0.15) is 0 Å². The average molecular weight is 314 g/mol. The van der Waals surface area contributed by atoms with Gasteiger partial charge in [-0.05, 0) is 29.8 Å². The van der Waals surface area contributed by atoms with Crippen LogP contribution in [0.5, 0.6) is 5.75 Å². The molecule has 0 heterocycles. The van der Waals surface area contributed by atoms with Crippen LogP contribution in [0.2, 0.25) is 0 Å². The molecule has 0 saturated heterocycles. The predicted octanol–water partition coefficient (Wildman–Crippen LogP) is 2.87. The fraction of sp³-hybridized carbons (Fsp3) is 0.278. The minimum absolute atomic E-state index is 0.0947. The second-order valence-electron chi connectivity index (χ2n) is 5.16. The van der Waals surface area contributed by atoms with Crippen LogP contribution in [0.3, 0.4) is 0 Å². The largest absolute Gasteiger partial charge is 0.491 e. The third kappa shape index (κ3) is 5.64. The number of hydrogen-bond acceptors (Lipinski definition) is 4. The van der Waals surface area contributed by atoms with E-state index in [0.717, 1.165) is 12.0 Å². The molecule has 0 aliphatic carbocycles. The number of para-hydroxylation sites is 2. The van der Waals surface area contributed by atoms with Gasteiger partial charge in [0, 0.05) is 25.8 Å². The number of nitrogens with two attached hydrogens (primary N) is 1. The second kappa shape index (κ2) is 8.80. The fourth-order valence-corrected chi connectivity index (χ4v) is 2.10. The SMILES string of the molecule is COCCCOc1ccccc1NC(=O)Cc1ccc(N)cc1. The van der Waals surface area contributed by atoms with Gasteiger partial charge in [0.15, 0.2) is 0 Å². The molecule has 0 aliphatic heterocycles. The quantitative estimate of drug-likeness (QED) is 0.580. The smallest absolute Gasteiger partial charge is 0.228 e. The lowest BCUT2D eigenvalue weighted by Crippen LogP contribution is -2.15. The number of nitrogens with one attached hydrogen (secondary N) is 1. The molecule has 0 aliphatic rings. The fourth-order valence-electron chi connectivity index (χ4n) is 2.10. The average Bonchev–Trinajstić information content (AvgIpc) is 2.55. The molecule has 0 bridgehead atoms. The van der Waals surface area contributed by atoms with Gasteiger partial charge in [-0.15, -0.1) is 0 Å². The Hall–Kier alpha value is -2.53. The molecule has 0 saturated carbocycles. The van der Waals surface area contributed by atoms with Gasteiger partial charge in [0.2, 0.25) is 5.91 Å². The molecule has 0 unspecified atom stereocenters. The number of ether oxygens (including phenoxy) is 2. The van der Waals surface area contributed by atoms with Crippen molar-refractivity contribution in [2.45, 2.75) is 12.8 Å². The van der Waals surface area contributed by atoms with E-state index < -0.39 is 0 Å². The van der Waals surface area contributed by atoms with Crippen molar-refractivity contribution >= 4 is 17.3 Å². The summed E-state index contributed by atoms with van der Waals surface area (Å²) in [6, 6.07) is 14.7. The highest BCUT2D eigenvalue weighted by atomic mass is 16.5. The summed E-state index contributed by atoms with van der Waals surface area (Å²) in [5, 5.41) is 2.89. The maximum absolute atomic E-state index is 12.2. The highest BCUT2D eigenvalue weighted by Crippen LogP contribution is 2.24. The van der Waals surface area contributed by atoms with Crippen molar-refractivity contribution in [1.29, 1.82) is 0 Å². The van der Waals surface area contributed by atoms with Crippen molar-refractivity contribution in [3.05, 3.63) is 54.1 Å². The Bertz CT molecular complexity index is 626. The molecule has 0 spiro atoms. The number of carbonyl (C=O) groups excluding carboxylic acids is 1. The third-order valence-corrected chi connectivity index (χ3v) is 3.26. The van der Waals surface area contributed by atoms with E-state index in [1.165, 1.54) is 0 Å². The molecule has 5 heteroatoms. The Kier molecular flexibility index (Phi) is 6.44. The Morgan fingerprint density at radius 1 is 1.09 bits per heavy atom. The number of methoxy groups -OCH3 is 1. The zero-order valence-electron chi connectivity index (χ0n) is 13.2. The molecule has 122 valence electrons. The first-order valence-electron chi connectivity index (χ1n) is 7.54. The van der Waals surface area contributed by atoms with Crippen LogP contribution in [-0.2, 0) is 16.0 Å². The van der Waals surface area contributed by atoms with Crippen LogP contribution in [0, 0.1) is 0 Å². The summed E-state index contributed by atoms with van der Waals surface area (Å²) >= 11 is 0. The maximum Gasteiger partial charge on any atom is 0.228 e. The number of hydrogen-bond donors (Lipinski definition) is 2. The van der Waals surface area contributed by atoms with Crippen LogP contribution in [0.25, 0.3) is 0 Å². The predicted molar refractivity (Wildman–Crippen MR) is 91.6 cm³/mol. The summed E-state index contributed by atoms with van der Waals surface area (Å²) in [6.45, 7) is 1.18. The lowest BCUT2D eigenvalue weighted by atomic mass is 10.1. The maximum atomic E-state index is 12.2. The van der Waals surface area contributed by atoms with Gasteiger partial charge in [-0.3, -0.25) is 4.79 Å². The topological polar surface area (TPSA) is 73.6 Å². The molecule has 23 heavy (non-hydrogen) atoms.